The van der Waals surface area contributed by atoms with Crippen molar-refractivity contribution in [1.29, 1.82) is 0 Å². The Morgan fingerprint density at radius 3 is 2.39 bits per heavy atom. The van der Waals surface area contributed by atoms with E-state index in [0.717, 1.165) is 17.7 Å². The summed E-state index contributed by atoms with van der Waals surface area (Å²) in [6.07, 6.45) is -4.43. The minimum atomic E-state index is -4.43. The number of rotatable bonds is 6. The van der Waals surface area contributed by atoms with Crippen LogP contribution in [0.4, 0.5) is 30.2 Å². The molecule has 8 nitrogen and oxygen atoms in total. The van der Waals surface area contributed by atoms with Crippen molar-refractivity contribution >= 4 is 38.7 Å². The van der Waals surface area contributed by atoms with Gasteiger partial charge in [0.05, 0.1) is 28.4 Å². The Labute approximate surface area is 236 Å². The molecule has 2 amide bonds. The second-order valence-electron chi connectivity index (χ2n) is 10.3. The fourth-order valence-corrected chi connectivity index (χ4v) is 6.64. The van der Waals surface area contributed by atoms with Gasteiger partial charge in [0.2, 0.25) is 5.91 Å². The number of hydrogen-bond acceptors (Lipinski definition) is 6. The van der Waals surface area contributed by atoms with Crippen molar-refractivity contribution in [3.63, 3.8) is 0 Å². The zero-order valence-electron chi connectivity index (χ0n) is 22.2. The van der Waals surface area contributed by atoms with Crippen LogP contribution >= 0.6 is 0 Å². The molecule has 0 spiro atoms. The highest BCUT2D eigenvalue weighted by molar-refractivity contribution is 7.90. The third kappa shape index (κ3) is 6.64. The zero-order valence-corrected chi connectivity index (χ0v) is 23.1. The Morgan fingerprint density at radius 2 is 1.68 bits per heavy atom. The van der Waals surface area contributed by atoms with Gasteiger partial charge in [-0.25, -0.2) is 8.42 Å². The molecule has 3 aromatic carbocycles. The van der Waals surface area contributed by atoms with E-state index in [2.05, 4.69) is 10.6 Å². The molecule has 1 saturated heterocycles. The number of amides is 2. The summed E-state index contributed by atoms with van der Waals surface area (Å²) in [6.45, 7) is 3.25. The second kappa shape index (κ2) is 11.1. The van der Waals surface area contributed by atoms with Crippen LogP contribution < -0.4 is 15.5 Å². The third-order valence-corrected chi connectivity index (χ3v) is 8.78. The van der Waals surface area contributed by atoms with E-state index in [1.165, 1.54) is 6.07 Å². The largest absolute Gasteiger partial charge is 0.416 e. The van der Waals surface area contributed by atoms with Crippen molar-refractivity contribution in [3.05, 3.63) is 89.0 Å². The van der Waals surface area contributed by atoms with Gasteiger partial charge >= 0.3 is 6.18 Å². The number of carbonyl (C=O) groups excluding carboxylic acids is 2. The normalized spacial score (nSPS) is 17.5. The maximum absolute atomic E-state index is 13.2. The molecule has 0 aromatic heterocycles. The molecule has 0 radical (unpaired) electrons. The fourth-order valence-electron chi connectivity index (χ4n) is 5.09. The lowest BCUT2D eigenvalue weighted by Gasteiger charge is -2.36. The van der Waals surface area contributed by atoms with Gasteiger partial charge in [-0.1, -0.05) is 35.9 Å². The number of sulfone groups is 1. The number of halogens is 3. The van der Waals surface area contributed by atoms with Gasteiger partial charge in [0.25, 0.3) is 5.91 Å². The van der Waals surface area contributed by atoms with Crippen molar-refractivity contribution in [2.75, 3.05) is 47.5 Å². The fraction of sp³-hybridized carbons (Fsp3) is 0.310. The molecular weight excluding hydrogens is 557 g/mol. The molecule has 5 rings (SSSR count). The summed E-state index contributed by atoms with van der Waals surface area (Å²) < 4.78 is 64.9. The first-order chi connectivity index (χ1) is 19.4. The standard InChI is InChI=1S/C29H29F3N4O4S/c1-19-4-2-5-20(14-19)17-41(39,40)18-26-27(37)34-25-15-21(8-9-24(25)33-26)28(38)36-12-10-35(11-13-36)23-7-3-6-22(16-23)29(30,31)32/h2-9,14-16,26,33H,10-13,17-18H2,1H3,(H,34,37)/t26-/m0/s1. The number of benzene rings is 3. The number of nitrogens with one attached hydrogen (secondary N) is 2. The van der Waals surface area contributed by atoms with Crippen LogP contribution in [0.2, 0.25) is 0 Å². The first-order valence-electron chi connectivity index (χ1n) is 13.1. The number of piperazine rings is 1. The third-order valence-electron chi connectivity index (χ3n) is 7.17. The van der Waals surface area contributed by atoms with Crippen LogP contribution in [0.15, 0.2) is 66.7 Å². The molecule has 41 heavy (non-hydrogen) atoms. The highest BCUT2D eigenvalue weighted by atomic mass is 32.2. The van der Waals surface area contributed by atoms with Crippen molar-refractivity contribution < 1.29 is 31.2 Å². The SMILES string of the molecule is Cc1cccc(CS(=O)(=O)C[C@@H]2Nc3ccc(C(=O)N4CCN(c5cccc(C(F)(F)F)c5)CC4)cc3NC2=O)c1. The summed E-state index contributed by atoms with van der Waals surface area (Å²) >= 11 is 0. The quantitative estimate of drug-likeness (QED) is 0.447. The topological polar surface area (TPSA) is 98.8 Å². The van der Waals surface area contributed by atoms with Crippen LogP contribution in [0.3, 0.4) is 0 Å². The average Bonchev–Trinajstić information content (AvgIpc) is 2.92. The smallest absolute Gasteiger partial charge is 0.371 e. The zero-order chi connectivity index (χ0) is 29.4. The molecule has 0 saturated carbocycles. The summed E-state index contributed by atoms with van der Waals surface area (Å²) in [7, 11) is -3.60. The van der Waals surface area contributed by atoms with E-state index >= 15 is 0 Å². The molecule has 1 fully saturated rings. The first-order valence-corrected chi connectivity index (χ1v) is 14.9. The van der Waals surface area contributed by atoms with E-state index in [4.69, 9.17) is 0 Å². The number of anilines is 3. The number of carbonyl (C=O) groups is 2. The lowest BCUT2D eigenvalue weighted by molar-refractivity contribution is -0.137. The van der Waals surface area contributed by atoms with E-state index in [-0.39, 0.29) is 17.4 Å². The Balaban J connectivity index is 1.21. The van der Waals surface area contributed by atoms with Crippen molar-refractivity contribution in [2.45, 2.75) is 24.9 Å². The lowest BCUT2D eigenvalue weighted by Crippen LogP contribution is -2.49. The van der Waals surface area contributed by atoms with E-state index in [1.807, 2.05) is 17.9 Å². The molecule has 12 heteroatoms. The second-order valence-corrected chi connectivity index (χ2v) is 12.4. The van der Waals surface area contributed by atoms with Gasteiger partial charge in [0.1, 0.15) is 6.04 Å². The minimum Gasteiger partial charge on any atom is -0.371 e. The molecule has 1 atom stereocenters. The van der Waals surface area contributed by atoms with Crippen molar-refractivity contribution in [2.24, 2.45) is 0 Å². The molecule has 0 unspecified atom stereocenters. The van der Waals surface area contributed by atoms with Crippen LogP contribution in [0.1, 0.15) is 27.0 Å². The summed E-state index contributed by atoms with van der Waals surface area (Å²) in [6, 6.07) is 16.1. The molecule has 0 aliphatic carbocycles. The Hall–Kier alpha value is -4.06. The predicted octanol–water partition coefficient (Wildman–Crippen LogP) is 4.32. The van der Waals surface area contributed by atoms with E-state index in [1.54, 1.807) is 47.4 Å². The van der Waals surface area contributed by atoms with Gasteiger partial charge in [-0.3, -0.25) is 9.59 Å². The maximum atomic E-state index is 13.2. The molecule has 2 aliphatic rings. The number of alkyl halides is 3. The van der Waals surface area contributed by atoms with Gasteiger partial charge in [-0.2, -0.15) is 13.2 Å². The van der Waals surface area contributed by atoms with Gasteiger partial charge < -0.3 is 20.4 Å². The Bertz CT molecular complexity index is 1580. The van der Waals surface area contributed by atoms with Crippen LogP contribution in [0, 0.1) is 6.92 Å². The number of fused-ring (bicyclic) bond motifs is 1. The van der Waals surface area contributed by atoms with Crippen molar-refractivity contribution in [1.82, 2.24) is 4.90 Å². The molecule has 3 aromatic rings. The Kier molecular flexibility index (Phi) is 7.69. The van der Waals surface area contributed by atoms with Crippen molar-refractivity contribution in [3.8, 4) is 0 Å². The first kappa shape index (κ1) is 28.5. The summed E-state index contributed by atoms with van der Waals surface area (Å²) in [5.41, 5.74) is 2.55. The lowest BCUT2D eigenvalue weighted by atomic mass is 10.1. The van der Waals surface area contributed by atoms with E-state index < -0.39 is 33.5 Å². The molecule has 2 heterocycles. The van der Waals surface area contributed by atoms with Crippen LogP contribution in [-0.4, -0.2) is 63.1 Å². The van der Waals surface area contributed by atoms with Gasteiger partial charge in [0, 0.05) is 37.4 Å². The molecule has 2 N–H and O–H groups in total. The van der Waals surface area contributed by atoms with E-state index in [0.29, 0.717) is 54.4 Å². The van der Waals surface area contributed by atoms with Crippen LogP contribution in [0.5, 0.6) is 0 Å². The average molecular weight is 587 g/mol. The van der Waals surface area contributed by atoms with Gasteiger partial charge in [-0.15, -0.1) is 0 Å². The van der Waals surface area contributed by atoms with Crippen LogP contribution in [0.25, 0.3) is 0 Å². The van der Waals surface area contributed by atoms with Gasteiger partial charge in [0.15, 0.2) is 9.84 Å². The summed E-state index contributed by atoms with van der Waals surface area (Å²) in [4.78, 5) is 29.4. The maximum Gasteiger partial charge on any atom is 0.416 e. The molecule has 216 valence electrons. The summed E-state index contributed by atoms with van der Waals surface area (Å²) in [5, 5.41) is 5.69. The predicted molar refractivity (Wildman–Crippen MR) is 151 cm³/mol. The minimum absolute atomic E-state index is 0.179. The van der Waals surface area contributed by atoms with Crippen LogP contribution in [-0.2, 0) is 26.6 Å². The monoisotopic (exact) mass is 586 g/mol. The number of nitrogens with zero attached hydrogens (tertiary/aromatic N) is 2. The highest BCUT2D eigenvalue weighted by Crippen LogP contribution is 2.32. The highest BCUT2D eigenvalue weighted by Gasteiger charge is 2.33. The molecule has 2 aliphatic heterocycles. The summed E-state index contributed by atoms with van der Waals surface area (Å²) in [5.74, 6) is -1.34. The molecule has 0 bridgehead atoms. The van der Waals surface area contributed by atoms with Gasteiger partial charge in [-0.05, 0) is 48.9 Å². The number of aryl methyl sites for hydroxylation is 1. The molecular formula is C29H29F3N4O4S. The van der Waals surface area contributed by atoms with E-state index in [9.17, 15) is 31.2 Å². The Morgan fingerprint density at radius 1 is 0.951 bits per heavy atom. The number of hydrogen-bond donors (Lipinski definition) is 2.